The van der Waals surface area contributed by atoms with E-state index in [0.29, 0.717) is 17.2 Å². The Balaban J connectivity index is 1.63. The molecule has 4 rings (SSSR count). The first-order valence-electron chi connectivity index (χ1n) is 9.78. The first kappa shape index (κ1) is 16.4. The van der Waals surface area contributed by atoms with Crippen LogP contribution in [0, 0.1) is 28.6 Å². The molecule has 0 aliphatic heterocycles. The second-order valence-electron chi connectivity index (χ2n) is 9.53. The van der Waals surface area contributed by atoms with Crippen molar-refractivity contribution in [2.45, 2.75) is 71.3 Å². The van der Waals surface area contributed by atoms with Gasteiger partial charge in [0.15, 0.2) is 5.78 Å². The van der Waals surface area contributed by atoms with E-state index in [0.717, 1.165) is 43.4 Å². The zero-order valence-electron chi connectivity index (χ0n) is 15.4. The highest BCUT2D eigenvalue weighted by atomic mass is 16.1. The Morgan fingerprint density at radius 1 is 1.17 bits per heavy atom. The van der Waals surface area contributed by atoms with Crippen LogP contribution < -0.4 is 0 Å². The van der Waals surface area contributed by atoms with Crippen molar-refractivity contribution in [2.75, 3.05) is 7.05 Å². The zero-order chi connectivity index (χ0) is 17.1. The van der Waals surface area contributed by atoms with Crippen LogP contribution in [-0.2, 0) is 9.59 Å². The first-order chi connectivity index (χ1) is 11.4. The van der Waals surface area contributed by atoms with Crippen LogP contribution in [-0.4, -0.2) is 30.2 Å². The minimum Gasteiger partial charge on any atom is -0.345 e. The number of amides is 1. The summed E-state index contributed by atoms with van der Waals surface area (Å²) in [6, 6.07) is 0.425. The van der Waals surface area contributed by atoms with E-state index in [1.165, 1.54) is 37.7 Å². The number of nitrogens with zero attached hydrogens (tertiary/aromatic N) is 1. The van der Waals surface area contributed by atoms with Crippen molar-refractivity contribution in [3.63, 3.8) is 0 Å². The van der Waals surface area contributed by atoms with Crippen LogP contribution in [0.4, 0.5) is 0 Å². The summed E-state index contributed by atoms with van der Waals surface area (Å²) in [5, 5.41) is 0. The third-order valence-electron chi connectivity index (χ3n) is 8.45. The minimum absolute atomic E-state index is 0.257. The van der Waals surface area contributed by atoms with Gasteiger partial charge in [-0.25, -0.2) is 0 Å². The Morgan fingerprint density at radius 2 is 1.96 bits per heavy atom. The summed E-state index contributed by atoms with van der Waals surface area (Å²) < 4.78 is 0. The molecule has 3 nitrogen and oxygen atoms in total. The third kappa shape index (κ3) is 2.23. The molecule has 0 bridgehead atoms. The van der Waals surface area contributed by atoms with Gasteiger partial charge in [0.1, 0.15) is 0 Å². The van der Waals surface area contributed by atoms with Gasteiger partial charge in [-0.05, 0) is 79.6 Å². The van der Waals surface area contributed by atoms with E-state index in [1.54, 1.807) is 0 Å². The molecule has 3 heteroatoms. The highest BCUT2D eigenvalue weighted by Gasteiger charge is 2.58. The Kier molecular flexibility index (Phi) is 3.71. The molecule has 4 aliphatic rings. The Morgan fingerprint density at radius 3 is 2.71 bits per heavy atom. The van der Waals surface area contributed by atoms with Gasteiger partial charge in [-0.2, -0.15) is 0 Å². The maximum atomic E-state index is 11.9. The fourth-order valence-corrected chi connectivity index (χ4v) is 6.98. The summed E-state index contributed by atoms with van der Waals surface area (Å²) >= 11 is 0. The molecule has 132 valence electrons. The van der Waals surface area contributed by atoms with Crippen molar-refractivity contribution in [1.82, 2.24) is 4.90 Å². The normalized spacial score (nSPS) is 47.3. The molecule has 1 amide bonds. The molecule has 0 aromatic carbocycles. The molecule has 0 aromatic rings. The molecule has 3 saturated carbocycles. The molecule has 24 heavy (non-hydrogen) atoms. The quantitative estimate of drug-likeness (QED) is 0.719. The highest BCUT2D eigenvalue weighted by molar-refractivity contribution is 5.91. The average Bonchev–Trinajstić information content (AvgIpc) is 2.92. The van der Waals surface area contributed by atoms with Crippen molar-refractivity contribution in [3.8, 4) is 0 Å². The minimum atomic E-state index is 0.257. The lowest BCUT2D eigenvalue weighted by atomic mass is 9.47. The van der Waals surface area contributed by atoms with Crippen LogP contribution >= 0.6 is 0 Å². The van der Waals surface area contributed by atoms with Gasteiger partial charge in [0.2, 0.25) is 6.41 Å². The largest absolute Gasteiger partial charge is 0.345 e. The molecule has 1 unspecified atom stereocenters. The molecule has 3 fully saturated rings. The number of fused-ring (bicyclic) bond motifs is 5. The van der Waals surface area contributed by atoms with Crippen molar-refractivity contribution >= 4 is 12.2 Å². The summed E-state index contributed by atoms with van der Waals surface area (Å²) in [5.74, 6) is 2.61. The van der Waals surface area contributed by atoms with Crippen LogP contribution in [0.25, 0.3) is 0 Å². The SMILES string of the molecule is CN(C=O)C1C[C@H]2[C@@H]3CCC4=CC(=O)CC[C@]4(C)[C@H]3CC[C@]2(C)C1. The second-order valence-corrected chi connectivity index (χ2v) is 9.53. The second kappa shape index (κ2) is 5.44. The van der Waals surface area contributed by atoms with E-state index in [2.05, 4.69) is 13.8 Å². The van der Waals surface area contributed by atoms with Crippen LogP contribution in [0.5, 0.6) is 0 Å². The topological polar surface area (TPSA) is 37.4 Å². The highest BCUT2D eigenvalue weighted by Crippen LogP contribution is 2.65. The molecular weight excluding hydrogens is 298 g/mol. The van der Waals surface area contributed by atoms with E-state index < -0.39 is 0 Å². The number of rotatable bonds is 2. The van der Waals surface area contributed by atoms with Crippen LogP contribution in [0.15, 0.2) is 11.6 Å². The number of carbonyl (C=O) groups is 2. The lowest BCUT2D eigenvalue weighted by Crippen LogP contribution is -2.49. The number of hydrogen-bond acceptors (Lipinski definition) is 2. The van der Waals surface area contributed by atoms with Crippen molar-refractivity contribution < 1.29 is 9.59 Å². The summed E-state index contributed by atoms with van der Waals surface area (Å²) in [6.07, 6.45) is 12.1. The fourth-order valence-electron chi connectivity index (χ4n) is 6.98. The maximum absolute atomic E-state index is 11.9. The summed E-state index contributed by atoms with van der Waals surface area (Å²) in [7, 11) is 1.95. The molecule has 0 N–H and O–H groups in total. The molecule has 0 heterocycles. The maximum Gasteiger partial charge on any atom is 0.209 e. The van der Waals surface area contributed by atoms with Gasteiger partial charge in [-0.1, -0.05) is 19.4 Å². The van der Waals surface area contributed by atoms with Gasteiger partial charge >= 0.3 is 0 Å². The average molecular weight is 329 g/mol. The molecular formula is C21H31NO2. The van der Waals surface area contributed by atoms with Crippen molar-refractivity contribution in [1.29, 1.82) is 0 Å². The Bertz CT molecular complexity index is 597. The summed E-state index contributed by atoms with van der Waals surface area (Å²) in [4.78, 5) is 25.0. The third-order valence-corrected chi connectivity index (χ3v) is 8.45. The lowest BCUT2D eigenvalue weighted by Gasteiger charge is -2.57. The fraction of sp³-hybridized carbons (Fsp3) is 0.810. The molecule has 0 spiro atoms. The zero-order valence-corrected chi connectivity index (χ0v) is 15.4. The van der Waals surface area contributed by atoms with Gasteiger partial charge in [-0.3, -0.25) is 9.59 Å². The van der Waals surface area contributed by atoms with Gasteiger partial charge in [0, 0.05) is 19.5 Å². The molecule has 0 saturated heterocycles. The smallest absolute Gasteiger partial charge is 0.209 e. The predicted molar refractivity (Wildman–Crippen MR) is 94.3 cm³/mol. The van der Waals surface area contributed by atoms with E-state index in [1.807, 2.05) is 18.0 Å². The molecule has 0 radical (unpaired) electrons. The molecule has 6 atom stereocenters. The van der Waals surface area contributed by atoms with Crippen LogP contribution in [0.1, 0.15) is 65.2 Å². The van der Waals surface area contributed by atoms with Gasteiger partial charge in [0.05, 0.1) is 0 Å². The van der Waals surface area contributed by atoms with Crippen molar-refractivity contribution in [2.24, 2.45) is 28.6 Å². The van der Waals surface area contributed by atoms with Gasteiger partial charge < -0.3 is 4.90 Å². The standard InChI is InChI=1S/C21H31NO2/c1-20-8-7-18-17(19(20)11-15(12-20)22(3)13-23)5-4-14-10-16(24)6-9-21(14,18)2/h10,13,15,17-19H,4-9,11-12H2,1-3H3/t15?,17-,18+,19+,20-,21+/m1/s1. The Hall–Kier alpha value is -1.12. The van der Waals surface area contributed by atoms with Gasteiger partial charge in [0.25, 0.3) is 0 Å². The van der Waals surface area contributed by atoms with Gasteiger partial charge in [-0.15, -0.1) is 0 Å². The number of ketones is 1. The number of allylic oxidation sites excluding steroid dienone is 1. The predicted octanol–water partition coefficient (Wildman–Crippen LogP) is 3.98. The monoisotopic (exact) mass is 329 g/mol. The Labute approximate surface area is 145 Å². The van der Waals surface area contributed by atoms with Crippen molar-refractivity contribution in [3.05, 3.63) is 11.6 Å². The number of carbonyl (C=O) groups excluding carboxylic acids is 2. The van der Waals surface area contributed by atoms with E-state index in [-0.39, 0.29) is 5.41 Å². The van der Waals surface area contributed by atoms with Crippen LogP contribution in [0.3, 0.4) is 0 Å². The molecule has 0 aromatic heterocycles. The van der Waals surface area contributed by atoms with Crippen LogP contribution in [0.2, 0.25) is 0 Å². The molecule has 4 aliphatic carbocycles. The van der Waals surface area contributed by atoms with E-state index in [4.69, 9.17) is 0 Å². The van der Waals surface area contributed by atoms with E-state index in [9.17, 15) is 9.59 Å². The number of hydrogen-bond donors (Lipinski definition) is 0. The first-order valence-corrected chi connectivity index (χ1v) is 9.78. The summed E-state index contributed by atoms with van der Waals surface area (Å²) in [5.41, 5.74) is 2.11. The summed E-state index contributed by atoms with van der Waals surface area (Å²) in [6.45, 7) is 4.92. The lowest BCUT2D eigenvalue weighted by molar-refractivity contribution is -0.119. The van der Waals surface area contributed by atoms with E-state index >= 15 is 0 Å².